The molecule has 1 heterocycles. The van der Waals surface area contributed by atoms with Crippen LogP contribution in [0.25, 0.3) is 0 Å². The summed E-state index contributed by atoms with van der Waals surface area (Å²) in [5, 5.41) is 0. The van der Waals surface area contributed by atoms with E-state index in [-0.39, 0.29) is 12.2 Å². The van der Waals surface area contributed by atoms with Gasteiger partial charge in [0.25, 0.3) is 0 Å². The Morgan fingerprint density at radius 3 is 1.42 bits per heavy atom. The molecule has 5 rings (SSSR count). The molecule has 0 bridgehead atoms. The van der Waals surface area contributed by atoms with Crippen LogP contribution in [0.4, 0.5) is 0 Å². The van der Waals surface area contributed by atoms with Gasteiger partial charge in [0.2, 0.25) is 0 Å². The summed E-state index contributed by atoms with van der Waals surface area (Å²) in [5.74, 6) is 0. The summed E-state index contributed by atoms with van der Waals surface area (Å²) in [5.41, 5.74) is 5.45. The Labute approximate surface area is 268 Å². The SMILES string of the molecule is C/C(=C\I)[C@@H]1O[C@H](COCc2ccccc2)[C@@H](OCc2ccccc2)[C@H](OCc2ccccc2)[C@H]1OCc1ccccc1. The van der Waals surface area contributed by atoms with E-state index in [0.717, 1.165) is 27.8 Å². The van der Waals surface area contributed by atoms with Crippen molar-refractivity contribution in [2.45, 2.75) is 63.9 Å². The van der Waals surface area contributed by atoms with Crippen LogP contribution in [0, 0.1) is 0 Å². The van der Waals surface area contributed by atoms with Gasteiger partial charge in [0, 0.05) is 0 Å². The molecule has 4 aromatic carbocycles. The van der Waals surface area contributed by atoms with Crippen molar-refractivity contribution < 1.29 is 23.7 Å². The van der Waals surface area contributed by atoms with Crippen LogP contribution < -0.4 is 0 Å². The summed E-state index contributed by atoms with van der Waals surface area (Å²) in [7, 11) is 0. The minimum atomic E-state index is -0.432. The number of rotatable bonds is 14. The fraction of sp³-hybridized carbons (Fsp3) is 0.297. The Kier molecular flexibility index (Phi) is 12.4. The molecule has 5 nitrogen and oxygen atoms in total. The molecule has 224 valence electrons. The van der Waals surface area contributed by atoms with Crippen LogP contribution >= 0.6 is 22.6 Å². The zero-order chi connectivity index (χ0) is 29.7. The van der Waals surface area contributed by atoms with Gasteiger partial charge in [-0.15, -0.1) is 0 Å². The van der Waals surface area contributed by atoms with E-state index in [0.29, 0.717) is 33.0 Å². The second-order valence-electron chi connectivity index (χ2n) is 10.7. The third-order valence-electron chi connectivity index (χ3n) is 7.50. The smallest absolute Gasteiger partial charge is 0.117 e. The molecule has 0 aliphatic carbocycles. The Hall–Kier alpha value is -2.85. The largest absolute Gasteiger partial charge is 0.374 e. The molecular formula is C37H39IO5. The Morgan fingerprint density at radius 2 is 0.977 bits per heavy atom. The van der Waals surface area contributed by atoms with Crippen LogP contribution in [0.3, 0.4) is 0 Å². The average Bonchev–Trinajstić information content (AvgIpc) is 3.07. The molecule has 43 heavy (non-hydrogen) atoms. The van der Waals surface area contributed by atoms with Gasteiger partial charge < -0.3 is 23.7 Å². The highest BCUT2D eigenvalue weighted by atomic mass is 127. The average molecular weight is 691 g/mol. The van der Waals surface area contributed by atoms with Crippen LogP contribution in [0.2, 0.25) is 0 Å². The molecule has 0 saturated carbocycles. The monoisotopic (exact) mass is 690 g/mol. The number of hydrogen-bond donors (Lipinski definition) is 0. The van der Waals surface area contributed by atoms with Gasteiger partial charge in [-0.3, -0.25) is 0 Å². The van der Waals surface area contributed by atoms with Gasteiger partial charge >= 0.3 is 0 Å². The van der Waals surface area contributed by atoms with Crippen LogP contribution in [0.1, 0.15) is 29.2 Å². The predicted octanol–water partition coefficient (Wildman–Crippen LogP) is 8.07. The van der Waals surface area contributed by atoms with E-state index in [4.69, 9.17) is 23.7 Å². The minimum absolute atomic E-state index is 0.330. The number of halogens is 1. The molecule has 4 aromatic rings. The molecule has 1 fully saturated rings. The zero-order valence-electron chi connectivity index (χ0n) is 24.5. The lowest BCUT2D eigenvalue weighted by atomic mass is 9.91. The van der Waals surface area contributed by atoms with Crippen LogP contribution in [-0.2, 0) is 50.1 Å². The van der Waals surface area contributed by atoms with Gasteiger partial charge in [0.15, 0.2) is 0 Å². The molecule has 0 unspecified atom stereocenters. The fourth-order valence-corrected chi connectivity index (χ4v) is 5.57. The van der Waals surface area contributed by atoms with Crippen LogP contribution in [-0.4, -0.2) is 37.1 Å². The van der Waals surface area contributed by atoms with E-state index < -0.39 is 18.3 Å². The highest BCUT2D eigenvalue weighted by Crippen LogP contribution is 2.34. The maximum absolute atomic E-state index is 6.83. The first-order valence-electron chi connectivity index (χ1n) is 14.7. The third kappa shape index (κ3) is 9.32. The molecule has 0 spiro atoms. The Balaban J connectivity index is 1.44. The van der Waals surface area contributed by atoms with Crippen LogP contribution in [0.15, 0.2) is 131 Å². The van der Waals surface area contributed by atoms with Crippen molar-refractivity contribution in [3.05, 3.63) is 153 Å². The van der Waals surface area contributed by atoms with Crippen molar-refractivity contribution in [2.75, 3.05) is 6.61 Å². The van der Waals surface area contributed by atoms with E-state index in [1.807, 2.05) is 72.8 Å². The lowest BCUT2D eigenvalue weighted by Crippen LogP contribution is -2.61. The summed E-state index contributed by atoms with van der Waals surface area (Å²) in [4.78, 5) is 0. The molecule has 6 heteroatoms. The first-order valence-corrected chi connectivity index (χ1v) is 16.0. The van der Waals surface area contributed by atoms with Gasteiger partial charge in [0.05, 0.1) is 33.0 Å². The molecule has 1 aliphatic heterocycles. The standard InChI is InChI=1S/C37H39IO5/c1-28(22-38)34-36(41-25-31-18-10-4-11-19-31)37(42-26-32-20-12-5-13-21-32)35(40-24-30-16-8-3-9-17-30)33(43-34)27-39-23-29-14-6-2-7-15-29/h2-22,33-37H,23-27H2,1H3/b28-22+/t33-,34+,35-,36+,37+/m1/s1. The van der Waals surface area contributed by atoms with Crippen molar-refractivity contribution in [2.24, 2.45) is 0 Å². The lowest BCUT2D eigenvalue weighted by molar-refractivity contribution is -0.265. The van der Waals surface area contributed by atoms with Gasteiger partial charge in [-0.1, -0.05) is 144 Å². The summed E-state index contributed by atoms with van der Waals surface area (Å²) in [6.45, 7) is 4.21. The molecular weight excluding hydrogens is 651 g/mol. The van der Waals surface area contributed by atoms with Crippen molar-refractivity contribution in [1.29, 1.82) is 0 Å². The van der Waals surface area contributed by atoms with Crippen LogP contribution in [0.5, 0.6) is 0 Å². The molecule has 0 N–H and O–H groups in total. The minimum Gasteiger partial charge on any atom is -0.374 e. The first kappa shape index (κ1) is 31.6. The molecule has 5 atom stereocenters. The summed E-state index contributed by atoms with van der Waals surface area (Å²) in [6.07, 6.45) is -1.95. The predicted molar refractivity (Wildman–Crippen MR) is 178 cm³/mol. The van der Waals surface area contributed by atoms with E-state index >= 15 is 0 Å². The molecule has 1 saturated heterocycles. The van der Waals surface area contributed by atoms with Gasteiger partial charge in [0.1, 0.15) is 30.5 Å². The zero-order valence-corrected chi connectivity index (χ0v) is 26.6. The molecule has 1 aliphatic rings. The second kappa shape index (κ2) is 16.9. The van der Waals surface area contributed by atoms with Crippen molar-refractivity contribution >= 4 is 22.6 Å². The fourth-order valence-electron chi connectivity index (χ4n) is 5.22. The topological polar surface area (TPSA) is 46.2 Å². The number of ether oxygens (including phenoxy) is 5. The number of benzene rings is 4. The maximum Gasteiger partial charge on any atom is 0.117 e. The van der Waals surface area contributed by atoms with E-state index in [1.54, 1.807) is 0 Å². The van der Waals surface area contributed by atoms with Crippen molar-refractivity contribution in [3.63, 3.8) is 0 Å². The highest BCUT2D eigenvalue weighted by Gasteiger charge is 2.48. The van der Waals surface area contributed by atoms with Gasteiger partial charge in [-0.05, 0) is 38.8 Å². The summed E-state index contributed by atoms with van der Waals surface area (Å²) >= 11 is 2.28. The quantitative estimate of drug-likeness (QED) is 0.125. The number of hydrogen-bond acceptors (Lipinski definition) is 5. The van der Waals surface area contributed by atoms with Gasteiger partial charge in [-0.25, -0.2) is 0 Å². The van der Waals surface area contributed by atoms with Crippen molar-refractivity contribution in [3.8, 4) is 0 Å². The van der Waals surface area contributed by atoms with E-state index in [9.17, 15) is 0 Å². The van der Waals surface area contributed by atoms with E-state index in [1.165, 1.54) is 0 Å². The first-order chi connectivity index (χ1) is 21.2. The highest BCUT2D eigenvalue weighted by molar-refractivity contribution is 14.1. The summed E-state index contributed by atoms with van der Waals surface area (Å²) in [6, 6.07) is 40.8. The summed E-state index contributed by atoms with van der Waals surface area (Å²) < 4.78 is 35.3. The normalized spacial score (nSPS) is 22.4. The molecule has 0 aromatic heterocycles. The lowest BCUT2D eigenvalue weighted by Gasteiger charge is -2.46. The maximum atomic E-state index is 6.83. The van der Waals surface area contributed by atoms with E-state index in [2.05, 4.69) is 82.1 Å². The Bertz CT molecular complexity index is 1370. The molecule has 0 radical (unpaired) electrons. The van der Waals surface area contributed by atoms with Gasteiger partial charge in [-0.2, -0.15) is 0 Å². The second-order valence-corrected chi connectivity index (χ2v) is 11.4. The molecule has 0 amide bonds. The Morgan fingerprint density at radius 1 is 0.581 bits per heavy atom. The third-order valence-corrected chi connectivity index (χ3v) is 8.49. The van der Waals surface area contributed by atoms with Crippen molar-refractivity contribution in [1.82, 2.24) is 0 Å².